The SMILES string of the molecule is COc1ccc(C(=O)NC(=S)Nc2ccc(NC(C)=O)cc2)cc1Br. The fourth-order valence-electron chi connectivity index (χ4n) is 1.99. The van der Waals surface area contributed by atoms with Crippen LogP contribution >= 0.6 is 28.1 Å². The van der Waals surface area contributed by atoms with Crippen LogP contribution in [0.1, 0.15) is 17.3 Å². The fraction of sp³-hybridized carbons (Fsp3) is 0.118. The molecule has 25 heavy (non-hydrogen) atoms. The standard InChI is InChI=1S/C17H16BrN3O3S/c1-10(22)19-12-4-6-13(7-5-12)20-17(25)21-16(23)11-3-8-15(24-2)14(18)9-11/h3-9H,1-2H3,(H,19,22)(H2,20,21,23,25). The number of carbonyl (C=O) groups excluding carboxylic acids is 2. The van der Waals surface area contributed by atoms with Gasteiger partial charge in [0.2, 0.25) is 5.91 Å². The summed E-state index contributed by atoms with van der Waals surface area (Å²) in [5.74, 6) is 0.154. The Morgan fingerprint density at radius 2 is 1.64 bits per heavy atom. The molecule has 0 aliphatic rings. The van der Waals surface area contributed by atoms with Crippen LogP contribution in [0.4, 0.5) is 11.4 Å². The lowest BCUT2D eigenvalue weighted by Gasteiger charge is -2.11. The molecular weight excluding hydrogens is 406 g/mol. The molecule has 0 aliphatic carbocycles. The van der Waals surface area contributed by atoms with Crippen molar-refractivity contribution in [3.8, 4) is 5.75 Å². The largest absolute Gasteiger partial charge is 0.496 e. The van der Waals surface area contributed by atoms with Crippen LogP contribution < -0.4 is 20.7 Å². The molecule has 8 heteroatoms. The van der Waals surface area contributed by atoms with Crippen LogP contribution in [0.15, 0.2) is 46.9 Å². The highest BCUT2D eigenvalue weighted by Crippen LogP contribution is 2.25. The Balaban J connectivity index is 1.96. The van der Waals surface area contributed by atoms with E-state index in [-0.39, 0.29) is 16.9 Å². The topological polar surface area (TPSA) is 79.5 Å². The Bertz CT molecular complexity index is 809. The number of hydrogen-bond donors (Lipinski definition) is 3. The van der Waals surface area contributed by atoms with Gasteiger partial charge in [0, 0.05) is 23.9 Å². The van der Waals surface area contributed by atoms with Crippen molar-refractivity contribution in [2.24, 2.45) is 0 Å². The summed E-state index contributed by atoms with van der Waals surface area (Å²) in [7, 11) is 1.55. The summed E-state index contributed by atoms with van der Waals surface area (Å²) < 4.78 is 5.81. The van der Waals surface area contributed by atoms with Crippen LogP contribution in [-0.4, -0.2) is 24.0 Å². The molecule has 2 rings (SSSR count). The van der Waals surface area contributed by atoms with E-state index in [4.69, 9.17) is 17.0 Å². The first-order chi connectivity index (χ1) is 11.9. The number of ether oxygens (including phenoxy) is 1. The van der Waals surface area contributed by atoms with Crippen LogP contribution in [0, 0.1) is 0 Å². The van der Waals surface area contributed by atoms with Crippen molar-refractivity contribution in [3.63, 3.8) is 0 Å². The minimum Gasteiger partial charge on any atom is -0.496 e. The number of hydrogen-bond acceptors (Lipinski definition) is 4. The Morgan fingerprint density at radius 1 is 1.04 bits per heavy atom. The third-order valence-corrected chi connectivity index (χ3v) is 3.93. The zero-order valence-electron chi connectivity index (χ0n) is 13.6. The van der Waals surface area contributed by atoms with Crippen molar-refractivity contribution in [1.82, 2.24) is 5.32 Å². The molecule has 0 saturated carbocycles. The molecule has 0 saturated heterocycles. The Hall–Kier alpha value is -2.45. The van der Waals surface area contributed by atoms with Gasteiger partial charge in [0.1, 0.15) is 5.75 Å². The van der Waals surface area contributed by atoms with Crippen molar-refractivity contribution in [3.05, 3.63) is 52.5 Å². The number of carbonyl (C=O) groups is 2. The zero-order valence-corrected chi connectivity index (χ0v) is 16.0. The van der Waals surface area contributed by atoms with Crippen molar-refractivity contribution < 1.29 is 14.3 Å². The number of halogens is 1. The summed E-state index contributed by atoms with van der Waals surface area (Å²) >= 11 is 8.48. The molecule has 0 heterocycles. The predicted molar refractivity (Wildman–Crippen MR) is 105 cm³/mol. The number of methoxy groups -OCH3 is 1. The van der Waals surface area contributed by atoms with E-state index in [0.717, 1.165) is 0 Å². The molecule has 0 aromatic heterocycles. The van der Waals surface area contributed by atoms with E-state index < -0.39 is 0 Å². The molecule has 0 radical (unpaired) electrons. The average Bonchev–Trinajstić information content (AvgIpc) is 2.56. The Morgan fingerprint density at radius 3 is 2.16 bits per heavy atom. The van der Waals surface area contributed by atoms with Gasteiger partial charge in [-0.3, -0.25) is 14.9 Å². The maximum absolute atomic E-state index is 12.2. The summed E-state index contributed by atoms with van der Waals surface area (Å²) in [6.07, 6.45) is 0. The summed E-state index contributed by atoms with van der Waals surface area (Å²) in [5, 5.41) is 8.36. The number of thiocarbonyl (C=S) groups is 1. The number of amides is 2. The summed E-state index contributed by atoms with van der Waals surface area (Å²) in [6, 6.07) is 11.9. The molecule has 3 N–H and O–H groups in total. The normalized spacial score (nSPS) is 9.88. The van der Waals surface area contributed by atoms with Gasteiger partial charge in [-0.15, -0.1) is 0 Å². The lowest BCUT2D eigenvalue weighted by molar-refractivity contribution is -0.114. The number of nitrogens with one attached hydrogen (secondary N) is 3. The molecule has 130 valence electrons. The summed E-state index contributed by atoms with van der Waals surface area (Å²) in [4.78, 5) is 23.2. The van der Waals surface area contributed by atoms with Gasteiger partial charge in [-0.05, 0) is 70.6 Å². The molecule has 2 amide bonds. The van der Waals surface area contributed by atoms with E-state index in [1.807, 2.05) is 0 Å². The molecule has 0 spiro atoms. The summed E-state index contributed by atoms with van der Waals surface area (Å²) in [5.41, 5.74) is 1.81. The zero-order chi connectivity index (χ0) is 18.4. The molecule has 6 nitrogen and oxygen atoms in total. The maximum atomic E-state index is 12.2. The minimum atomic E-state index is -0.337. The van der Waals surface area contributed by atoms with E-state index in [2.05, 4.69) is 31.9 Å². The Labute approximate surface area is 159 Å². The molecule has 2 aromatic carbocycles. The van der Waals surface area contributed by atoms with Crippen LogP contribution in [0.25, 0.3) is 0 Å². The van der Waals surface area contributed by atoms with Crippen LogP contribution in [0.3, 0.4) is 0 Å². The third-order valence-electron chi connectivity index (χ3n) is 3.10. The lowest BCUT2D eigenvalue weighted by Crippen LogP contribution is -2.34. The molecule has 0 bridgehead atoms. The molecule has 0 unspecified atom stereocenters. The molecule has 0 atom stereocenters. The van der Waals surface area contributed by atoms with Gasteiger partial charge in [-0.2, -0.15) is 0 Å². The predicted octanol–water partition coefficient (Wildman–Crippen LogP) is 3.54. The first kappa shape index (κ1) is 18.9. The molecular formula is C17H16BrN3O3S. The van der Waals surface area contributed by atoms with E-state index in [0.29, 0.717) is 27.2 Å². The highest BCUT2D eigenvalue weighted by molar-refractivity contribution is 9.10. The van der Waals surface area contributed by atoms with Gasteiger partial charge in [0.25, 0.3) is 5.91 Å². The van der Waals surface area contributed by atoms with Crippen LogP contribution in [0.5, 0.6) is 5.75 Å². The highest BCUT2D eigenvalue weighted by Gasteiger charge is 2.10. The Kier molecular flexibility index (Phi) is 6.49. The van der Waals surface area contributed by atoms with E-state index >= 15 is 0 Å². The molecule has 0 fully saturated rings. The average molecular weight is 422 g/mol. The molecule has 2 aromatic rings. The van der Waals surface area contributed by atoms with Crippen molar-refractivity contribution in [1.29, 1.82) is 0 Å². The highest BCUT2D eigenvalue weighted by atomic mass is 79.9. The van der Waals surface area contributed by atoms with Crippen LogP contribution in [-0.2, 0) is 4.79 Å². The smallest absolute Gasteiger partial charge is 0.257 e. The minimum absolute atomic E-state index is 0.144. The first-order valence-corrected chi connectivity index (χ1v) is 8.42. The van der Waals surface area contributed by atoms with Gasteiger partial charge < -0.3 is 15.4 Å². The molecule has 0 aliphatic heterocycles. The van der Waals surface area contributed by atoms with Crippen molar-refractivity contribution in [2.75, 3.05) is 17.7 Å². The van der Waals surface area contributed by atoms with Gasteiger partial charge >= 0.3 is 0 Å². The lowest BCUT2D eigenvalue weighted by atomic mass is 10.2. The summed E-state index contributed by atoms with van der Waals surface area (Å²) in [6.45, 7) is 1.44. The second-order valence-electron chi connectivity index (χ2n) is 5.02. The number of benzene rings is 2. The van der Waals surface area contributed by atoms with Crippen molar-refractivity contribution in [2.45, 2.75) is 6.92 Å². The van der Waals surface area contributed by atoms with E-state index in [1.165, 1.54) is 6.92 Å². The maximum Gasteiger partial charge on any atom is 0.257 e. The number of rotatable bonds is 4. The van der Waals surface area contributed by atoms with Crippen LogP contribution in [0.2, 0.25) is 0 Å². The first-order valence-electron chi connectivity index (χ1n) is 7.22. The third kappa shape index (κ3) is 5.54. The van der Waals surface area contributed by atoms with E-state index in [1.54, 1.807) is 49.6 Å². The van der Waals surface area contributed by atoms with Gasteiger partial charge in [-0.1, -0.05) is 0 Å². The van der Waals surface area contributed by atoms with E-state index in [9.17, 15) is 9.59 Å². The monoisotopic (exact) mass is 421 g/mol. The second kappa shape index (κ2) is 8.59. The second-order valence-corrected chi connectivity index (χ2v) is 6.28. The fourth-order valence-corrected chi connectivity index (χ4v) is 2.74. The van der Waals surface area contributed by atoms with Gasteiger partial charge in [-0.25, -0.2) is 0 Å². The van der Waals surface area contributed by atoms with Crippen molar-refractivity contribution >= 4 is 56.4 Å². The quantitative estimate of drug-likeness (QED) is 0.657. The number of anilines is 2. The van der Waals surface area contributed by atoms with Gasteiger partial charge in [0.15, 0.2) is 5.11 Å². The van der Waals surface area contributed by atoms with Gasteiger partial charge in [0.05, 0.1) is 11.6 Å².